The van der Waals surface area contributed by atoms with Crippen molar-refractivity contribution in [2.75, 3.05) is 44.4 Å². The predicted octanol–water partition coefficient (Wildman–Crippen LogP) is -3.20. The van der Waals surface area contributed by atoms with Gasteiger partial charge in [-0.15, -0.1) is 0 Å². The van der Waals surface area contributed by atoms with Crippen LogP contribution >= 0.6 is 36.1 Å². The first kappa shape index (κ1) is 47.4. The number of anilines is 1. The predicted molar refractivity (Wildman–Crippen MR) is 190 cm³/mol. The molecule has 0 bridgehead atoms. The number of rotatable bonds is 21. The summed E-state index contributed by atoms with van der Waals surface area (Å²) in [7, 11) is -16.1. The van der Waals surface area contributed by atoms with Gasteiger partial charge in [-0.05, 0) is 0 Å². The molecular weight excluding hydrogens is 855 g/mol. The van der Waals surface area contributed by atoms with Crippen LogP contribution < -0.4 is 16.4 Å². The van der Waals surface area contributed by atoms with Crippen LogP contribution in [0, 0.1) is 5.41 Å². The molecule has 0 aromatic carbocycles. The summed E-state index contributed by atoms with van der Waals surface area (Å²) in [5.74, 6) is -0.993. The number of nitrogens with zero attached hydrogens (tertiary/aromatic N) is 4. The Kier molecular flexibility index (Phi) is 16.1. The van der Waals surface area contributed by atoms with Crippen molar-refractivity contribution in [3.8, 4) is 0 Å². The number of aromatic nitrogens is 4. The number of thiol groups is 1. The van der Waals surface area contributed by atoms with Crippen molar-refractivity contribution in [1.82, 2.24) is 30.2 Å². The largest absolute Gasteiger partial charge is 0.481 e. The fourth-order valence-corrected chi connectivity index (χ4v) is 7.98. The zero-order valence-electron chi connectivity index (χ0n) is 29.9. The van der Waals surface area contributed by atoms with Gasteiger partial charge in [0.2, 0.25) is 11.8 Å². The number of fused-ring (bicyclic) bond motifs is 1. The zero-order chi connectivity index (χ0) is 42.5. The van der Waals surface area contributed by atoms with Gasteiger partial charge in [-0.1, -0.05) is 13.8 Å². The first-order valence-corrected chi connectivity index (χ1v) is 21.7. The summed E-state index contributed by atoms with van der Waals surface area (Å²) in [6, 6.07) is 0. The molecule has 2 aromatic rings. The first-order chi connectivity index (χ1) is 26.4. The Balaban J connectivity index is 1.40. The topological polar surface area (TPSA) is 405 Å². The van der Waals surface area contributed by atoms with Crippen LogP contribution in [0.5, 0.6) is 0 Å². The zero-order valence-corrected chi connectivity index (χ0v) is 33.5. The maximum atomic E-state index is 12.8. The number of imidazole rings is 1. The molecule has 2 fully saturated rings. The standard InChI is InChI=1S/C26H44N7O20P3S/c1-26(2,20(38)23(39)29-4-3-14(34)28-5-6-57)9-49-56(45,46)53-55(43,44)48-8-13-17(36)19(24(50-13)33-11-32-15-21(27)30-10-31-22(15)33)52-25-18(37)16(35)12(51-25)7-47-54(40,41)42/h10-13,16-20,24-25,35-38,57H,3-9H2,1-2H3,(H,28,34)(H,29,39)(H,43,44)(H,45,46)(H2,27,30,31)(H2,40,41,42)/t12-,13-,16-,17-,18-,19-,20+,24-,25-/m1/s1. The van der Waals surface area contributed by atoms with Crippen molar-refractivity contribution in [2.45, 2.75) is 75.5 Å². The molecule has 11 atom stereocenters. The van der Waals surface area contributed by atoms with E-state index in [1.165, 1.54) is 18.4 Å². The number of nitrogens with one attached hydrogen (secondary N) is 2. The van der Waals surface area contributed by atoms with Crippen LogP contribution in [0.2, 0.25) is 0 Å². The molecule has 324 valence electrons. The molecule has 0 aliphatic carbocycles. The summed E-state index contributed by atoms with van der Waals surface area (Å²) < 4.78 is 73.1. The third-order valence-electron chi connectivity index (χ3n) is 8.27. The highest BCUT2D eigenvalue weighted by Crippen LogP contribution is 2.61. The summed E-state index contributed by atoms with van der Waals surface area (Å²) in [6.45, 7) is -0.144. The molecule has 2 aromatic heterocycles. The third kappa shape index (κ3) is 12.9. The first-order valence-electron chi connectivity index (χ1n) is 16.6. The summed E-state index contributed by atoms with van der Waals surface area (Å²) in [6.07, 6.45) is -13.4. The van der Waals surface area contributed by atoms with Crippen LogP contribution in [0.4, 0.5) is 5.82 Å². The number of aliphatic hydroxyl groups is 4. The SMILES string of the molecule is CC(C)(COP(=O)(O)OP(=O)(O)OC[C@H]1O[C@@H](n2cnc3c(N)ncnc32)[C@H](O[C@H]2O[C@H](COP(=O)(O)O)[C@@H](O)[C@H]2O)[C@@H]1O)[C@@H](O)C(=O)NCCC(=O)NCCS. The minimum Gasteiger partial charge on any atom is -0.387 e. The Hall–Kier alpha value is -2.27. The van der Waals surface area contributed by atoms with Gasteiger partial charge in [-0.2, -0.15) is 16.9 Å². The second-order valence-electron chi connectivity index (χ2n) is 13.1. The molecule has 12 N–H and O–H groups in total. The Labute approximate surface area is 328 Å². The number of amides is 2. The van der Waals surface area contributed by atoms with E-state index in [9.17, 15) is 53.5 Å². The van der Waals surface area contributed by atoms with Gasteiger partial charge in [0, 0.05) is 30.7 Å². The van der Waals surface area contributed by atoms with Crippen LogP contribution in [0.1, 0.15) is 26.5 Å². The molecule has 0 spiro atoms. The van der Waals surface area contributed by atoms with E-state index >= 15 is 0 Å². The fraction of sp³-hybridized carbons (Fsp3) is 0.731. The lowest BCUT2D eigenvalue weighted by Crippen LogP contribution is -2.46. The quantitative estimate of drug-likeness (QED) is 0.0433. The van der Waals surface area contributed by atoms with Crippen LogP contribution in [0.25, 0.3) is 11.2 Å². The van der Waals surface area contributed by atoms with E-state index in [0.717, 1.165) is 12.7 Å². The molecule has 57 heavy (non-hydrogen) atoms. The third-order valence-corrected chi connectivity index (χ3v) is 11.6. The number of phosphoric ester groups is 3. The molecule has 2 amide bonds. The summed E-state index contributed by atoms with van der Waals surface area (Å²) in [4.78, 5) is 74.7. The average molecular weight is 900 g/mol. The highest BCUT2D eigenvalue weighted by Gasteiger charge is 2.52. The number of carbonyl (C=O) groups excluding carboxylic acids is 2. The van der Waals surface area contributed by atoms with Crippen molar-refractivity contribution >= 4 is 64.9 Å². The smallest absolute Gasteiger partial charge is 0.387 e. The van der Waals surface area contributed by atoms with Crippen LogP contribution in [0.15, 0.2) is 12.7 Å². The molecule has 0 radical (unpaired) electrons. The van der Waals surface area contributed by atoms with Gasteiger partial charge >= 0.3 is 23.5 Å². The van der Waals surface area contributed by atoms with Gasteiger partial charge in [0.1, 0.15) is 54.6 Å². The van der Waals surface area contributed by atoms with E-state index in [1.54, 1.807) is 0 Å². The lowest BCUT2D eigenvalue weighted by molar-refractivity contribution is -0.219. The number of hydrogen-bond donors (Lipinski definition) is 12. The second kappa shape index (κ2) is 19.4. The number of nitrogen functional groups attached to an aromatic ring is 1. The van der Waals surface area contributed by atoms with E-state index < -0.39 is 110 Å². The van der Waals surface area contributed by atoms with Gasteiger partial charge in [-0.25, -0.2) is 28.6 Å². The number of hydrogen-bond acceptors (Lipinski definition) is 21. The van der Waals surface area contributed by atoms with E-state index in [1.807, 2.05) is 0 Å². The minimum atomic E-state index is -5.56. The van der Waals surface area contributed by atoms with Crippen molar-refractivity contribution in [1.29, 1.82) is 0 Å². The molecule has 31 heteroatoms. The molecule has 4 heterocycles. The van der Waals surface area contributed by atoms with Crippen LogP contribution in [-0.2, 0) is 55.4 Å². The second-order valence-corrected chi connectivity index (χ2v) is 17.9. The Morgan fingerprint density at radius 3 is 2.26 bits per heavy atom. The van der Waals surface area contributed by atoms with Crippen molar-refractivity contribution < 1.29 is 95.4 Å². The Morgan fingerprint density at radius 1 is 0.947 bits per heavy atom. The highest BCUT2D eigenvalue weighted by molar-refractivity contribution is 7.80. The number of phosphoric acid groups is 3. The minimum absolute atomic E-state index is 0.0306. The fourth-order valence-electron chi connectivity index (χ4n) is 5.28. The number of nitrogens with two attached hydrogens (primary N) is 1. The average Bonchev–Trinajstić information content (AvgIpc) is 3.77. The number of ether oxygens (including phenoxy) is 3. The molecule has 2 aliphatic rings. The van der Waals surface area contributed by atoms with Crippen molar-refractivity contribution in [2.24, 2.45) is 5.41 Å². The van der Waals surface area contributed by atoms with Crippen molar-refractivity contribution in [3.05, 3.63) is 12.7 Å². The molecule has 0 saturated carbocycles. The summed E-state index contributed by atoms with van der Waals surface area (Å²) in [5, 5.41) is 47.6. The lowest BCUT2D eigenvalue weighted by atomic mass is 9.87. The van der Waals surface area contributed by atoms with Gasteiger partial charge in [-0.3, -0.25) is 27.7 Å². The van der Waals surface area contributed by atoms with Gasteiger partial charge in [0.05, 0.1) is 26.1 Å². The maximum Gasteiger partial charge on any atom is 0.481 e. The molecule has 4 rings (SSSR count). The Bertz CT molecular complexity index is 1860. The molecule has 2 unspecified atom stereocenters. The van der Waals surface area contributed by atoms with E-state index in [0.29, 0.717) is 12.3 Å². The highest BCUT2D eigenvalue weighted by atomic mass is 32.1. The maximum absolute atomic E-state index is 12.8. The number of carbonyl (C=O) groups is 2. The van der Waals surface area contributed by atoms with Crippen LogP contribution in [0.3, 0.4) is 0 Å². The van der Waals surface area contributed by atoms with E-state index in [4.69, 9.17) is 38.8 Å². The molecule has 27 nitrogen and oxygen atoms in total. The van der Waals surface area contributed by atoms with Gasteiger partial charge in [0.25, 0.3) is 0 Å². The van der Waals surface area contributed by atoms with Gasteiger partial charge in [0.15, 0.2) is 24.0 Å². The monoisotopic (exact) mass is 899 g/mol. The lowest BCUT2D eigenvalue weighted by Gasteiger charge is -2.30. The van der Waals surface area contributed by atoms with Crippen LogP contribution in [-0.4, -0.2) is 159 Å². The normalized spacial score (nSPS) is 28.2. The number of aliphatic hydroxyl groups excluding tert-OH is 4. The molecule has 2 aliphatic heterocycles. The van der Waals surface area contributed by atoms with E-state index in [2.05, 4.69) is 47.0 Å². The molecular formula is C26H44N7O20P3S. The summed E-state index contributed by atoms with van der Waals surface area (Å²) >= 11 is 3.96. The van der Waals surface area contributed by atoms with Crippen molar-refractivity contribution in [3.63, 3.8) is 0 Å². The van der Waals surface area contributed by atoms with Gasteiger partial charge < -0.3 is 70.6 Å². The van der Waals surface area contributed by atoms with E-state index in [-0.39, 0.29) is 35.9 Å². The Morgan fingerprint density at radius 2 is 1.60 bits per heavy atom. The summed E-state index contributed by atoms with van der Waals surface area (Å²) in [5.41, 5.74) is 4.37. The molecule has 2 saturated heterocycles.